The Morgan fingerprint density at radius 3 is 2.04 bits per heavy atom. The minimum absolute atomic E-state index is 0.0719. The molecule has 0 spiro atoms. The van der Waals surface area contributed by atoms with Crippen molar-refractivity contribution in [3.63, 3.8) is 0 Å². The van der Waals surface area contributed by atoms with Crippen molar-refractivity contribution in [3.8, 4) is 0 Å². The van der Waals surface area contributed by atoms with Crippen LogP contribution in [0, 0.1) is 11.8 Å². The zero-order valence-corrected chi connectivity index (χ0v) is 15.7. The molecule has 0 amide bonds. The second-order valence-electron chi connectivity index (χ2n) is 6.13. The standard InChI is InChI=1S/C20H25BrO4/c21-18-8-6-16(7-9-18)19(12-24)20(17(10-22)11-23)14-25-13-15-4-2-1-3-5-15/h1-9,17,19-20,22-24H,10-14H2. The smallest absolute Gasteiger partial charge is 0.0717 e. The van der Waals surface area contributed by atoms with Gasteiger partial charge in [0.2, 0.25) is 0 Å². The summed E-state index contributed by atoms with van der Waals surface area (Å²) < 4.78 is 6.82. The van der Waals surface area contributed by atoms with Crippen molar-refractivity contribution in [2.45, 2.75) is 12.5 Å². The highest BCUT2D eigenvalue weighted by Gasteiger charge is 2.30. The Labute approximate surface area is 157 Å². The lowest BCUT2D eigenvalue weighted by molar-refractivity contribution is 0.00844. The van der Waals surface area contributed by atoms with E-state index in [-0.39, 0.29) is 37.6 Å². The largest absolute Gasteiger partial charge is 0.396 e. The lowest BCUT2D eigenvalue weighted by atomic mass is 9.79. The summed E-state index contributed by atoms with van der Waals surface area (Å²) >= 11 is 3.41. The van der Waals surface area contributed by atoms with E-state index in [1.165, 1.54) is 0 Å². The Bertz CT molecular complexity index is 599. The predicted octanol–water partition coefficient (Wildman–Crippen LogP) is 2.96. The van der Waals surface area contributed by atoms with Crippen molar-refractivity contribution in [3.05, 3.63) is 70.2 Å². The molecule has 0 aliphatic carbocycles. The van der Waals surface area contributed by atoms with Gasteiger partial charge in [-0.15, -0.1) is 0 Å². The normalized spacial score (nSPS) is 13.8. The third-order valence-electron chi connectivity index (χ3n) is 4.51. The molecule has 2 aromatic carbocycles. The fourth-order valence-corrected chi connectivity index (χ4v) is 3.26. The van der Waals surface area contributed by atoms with Gasteiger partial charge >= 0.3 is 0 Å². The first kappa shape index (κ1) is 20.1. The third kappa shape index (κ3) is 5.90. The van der Waals surface area contributed by atoms with Gasteiger partial charge in [0.1, 0.15) is 0 Å². The van der Waals surface area contributed by atoms with Gasteiger partial charge in [-0.3, -0.25) is 0 Å². The molecule has 0 saturated heterocycles. The Morgan fingerprint density at radius 2 is 1.48 bits per heavy atom. The van der Waals surface area contributed by atoms with Crippen molar-refractivity contribution >= 4 is 15.9 Å². The van der Waals surface area contributed by atoms with E-state index in [1.54, 1.807) is 0 Å². The number of rotatable bonds is 10. The van der Waals surface area contributed by atoms with E-state index in [1.807, 2.05) is 54.6 Å². The van der Waals surface area contributed by atoms with Crippen LogP contribution in [0.2, 0.25) is 0 Å². The first-order chi connectivity index (χ1) is 12.2. The minimum Gasteiger partial charge on any atom is -0.396 e. The summed E-state index contributed by atoms with van der Waals surface area (Å²) in [5.41, 5.74) is 2.03. The summed E-state index contributed by atoms with van der Waals surface area (Å²) in [7, 11) is 0. The molecule has 0 aliphatic rings. The Balaban J connectivity index is 2.11. The highest BCUT2D eigenvalue weighted by molar-refractivity contribution is 9.10. The monoisotopic (exact) mass is 408 g/mol. The molecule has 136 valence electrons. The molecule has 0 radical (unpaired) electrons. The number of benzene rings is 2. The molecule has 5 heteroatoms. The number of aliphatic hydroxyl groups excluding tert-OH is 3. The molecule has 2 unspecified atom stereocenters. The molecular formula is C20H25BrO4. The van der Waals surface area contributed by atoms with Crippen LogP contribution in [-0.2, 0) is 11.3 Å². The van der Waals surface area contributed by atoms with E-state index in [0.717, 1.165) is 15.6 Å². The Kier molecular flexibility index (Phi) is 8.58. The van der Waals surface area contributed by atoms with Gasteiger partial charge in [0.15, 0.2) is 0 Å². The first-order valence-electron chi connectivity index (χ1n) is 8.39. The maximum atomic E-state index is 9.94. The van der Waals surface area contributed by atoms with Gasteiger partial charge in [-0.2, -0.15) is 0 Å². The van der Waals surface area contributed by atoms with Crippen LogP contribution in [0.3, 0.4) is 0 Å². The van der Waals surface area contributed by atoms with Gasteiger partial charge in [-0.25, -0.2) is 0 Å². The fourth-order valence-electron chi connectivity index (χ4n) is 2.99. The van der Waals surface area contributed by atoms with Crippen LogP contribution in [0.4, 0.5) is 0 Å². The highest BCUT2D eigenvalue weighted by Crippen LogP contribution is 2.31. The van der Waals surface area contributed by atoms with Crippen molar-refractivity contribution in [1.29, 1.82) is 0 Å². The molecule has 2 atom stereocenters. The summed E-state index contributed by atoms with van der Waals surface area (Å²) in [5.74, 6) is -0.755. The third-order valence-corrected chi connectivity index (χ3v) is 5.04. The predicted molar refractivity (Wildman–Crippen MR) is 101 cm³/mol. The van der Waals surface area contributed by atoms with E-state index in [9.17, 15) is 15.3 Å². The van der Waals surface area contributed by atoms with Crippen LogP contribution in [0.1, 0.15) is 17.0 Å². The van der Waals surface area contributed by atoms with Gasteiger partial charge in [0.25, 0.3) is 0 Å². The molecule has 0 bridgehead atoms. The van der Waals surface area contributed by atoms with E-state index >= 15 is 0 Å². The number of ether oxygens (including phenoxy) is 1. The number of hydrogen-bond donors (Lipinski definition) is 3. The van der Waals surface area contributed by atoms with Crippen LogP contribution in [0.5, 0.6) is 0 Å². The van der Waals surface area contributed by atoms with E-state index in [0.29, 0.717) is 13.2 Å². The molecule has 4 nitrogen and oxygen atoms in total. The number of halogens is 1. The first-order valence-corrected chi connectivity index (χ1v) is 9.18. The Hall–Kier alpha value is -1.24. The molecular weight excluding hydrogens is 384 g/mol. The highest BCUT2D eigenvalue weighted by atomic mass is 79.9. The number of aliphatic hydroxyl groups is 3. The summed E-state index contributed by atoms with van der Waals surface area (Å²) in [5, 5.41) is 29.2. The average molecular weight is 409 g/mol. The molecule has 0 saturated carbocycles. The van der Waals surface area contributed by atoms with Crippen LogP contribution >= 0.6 is 15.9 Å². The molecule has 2 aromatic rings. The zero-order valence-electron chi connectivity index (χ0n) is 14.1. The van der Waals surface area contributed by atoms with Gasteiger partial charge < -0.3 is 20.1 Å². The quantitative estimate of drug-likeness (QED) is 0.565. The van der Waals surface area contributed by atoms with Crippen molar-refractivity contribution in [1.82, 2.24) is 0 Å². The minimum atomic E-state index is -0.350. The molecule has 0 fully saturated rings. The number of hydrogen-bond acceptors (Lipinski definition) is 4. The summed E-state index contributed by atoms with van der Waals surface area (Å²) in [6.45, 7) is 0.435. The lowest BCUT2D eigenvalue weighted by Crippen LogP contribution is -2.33. The van der Waals surface area contributed by atoms with E-state index < -0.39 is 0 Å². The zero-order chi connectivity index (χ0) is 18.1. The summed E-state index contributed by atoms with van der Waals surface area (Å²) in [6, 6.07) is 17.6. The second kappa shape index (κ2) is 10.7. The fraction of sp³-hybridized carbons (Fsp3) is 0.400. The van der Waals surface area contributed by atoms with Crippen molar-refractivity contribution in [2.24, 2.45) is 11.8 Å². The summed E-state index contributed by atoms with van der Waals surface area (Å²) in [6.07, 6.45) is 0. The Morgan fingerprint density at radius 1 is 0.840 bits per heavy atom. The van der Waals surface area contributed by atoms with Gasteiger partial charge in [0.05, 0.1) is 19.8 Å². The second-order valence-corrected chi connectivity index (χ2v) is 7.05. The average Bonchev–Trinajstić information content (AvgIpc) is 2.65. The molecule has 0 heterocycles. The van der Waals surface area contributed by atoms with Crippen LogP contribution in [0.15, 0.2) is 59.1 Å². The van der Waals surface area contributed by atoms with Crippen LogP contribution in [0.25, 0.3) is 0 Å². The van der Waals surface area contributed by atoms with Crippen molar-refractivity contribution in [2.75, 3.05) is 26.4 Å². The molecule has 3 N–H and O–H groups in total. The maximum absolute atomic E-state index is 9.94. The van der Waals surface area contributed by atoms with Crippen molar-refractivity contribution < 1.29 is 20.1 Å². The van der Waals surface area contributed by atoms with E-state index in [2.05, 4.69) is 15.9 Å². The van der Waals surface area contributed by atoms with E-state index in [4.69, 9.17) is 4.74 Å². The molecule has 0 aromatic heterocycles. The summed E-state index contributed by atoms with van der Waals surface area (Å²) in [4.78, 5) is 0. The SMILES string of the molecule is OCC(CO)C(COCc1ccccc1)C(CO)c1ccc(Br)cc1. The van der Waals surface area contributed by atoms with Gasteiger partial charge in [0, 0.05) is 29.5 Å². The van der Waals surface area contributed by atoms with Gasteiger partial charge in [-0.1, -0.05) is 58.4 Å². The van der Waals surface area contributed by atoms with Gasteiger partial charge in [-0.05, 0) is 29.2 Å². The van der Waals surface area contributed by atoms with Crippen LogP contribution in [-0.4, -0.2) is 41.7 Å². The molecule has 0 aliphatic heterocycles. The van der Waals surface area contributed by atoms with Crippen LogP contribution < -0.4 is 0 Å². The lowest BCUT2D eigenvalue weighted by Gasteiger charge is -2.31. The molecule has 2 rings (SSSR count). The molecule has 25 heavy (non-hydrogen) atoms. The maximum Gasteiger partial charge on any atom is 0.0717 e. The topological polar surface area (TPSA) is 69.9 Å².